The minimum atomic E-state index is -0.262. The zero-order chi connectivity index (χ0) is 12.4. The van der Waals surface area contributed by atoms with Crippen LogP contribution in [-0.2, 0) is 9.63 Å². The van der Waals surface area contributed by atoms with Gasteiger partial charge in [0.2, 0.25) is 5.91 Å². The summed E-state index contributed by atoms with van der Waals surface area (Å²) in [6, 6.07) is 0.322. The van der Waals surface area contributed by atoms with Crippen LogP contribution < -0.4 is 11.2 Å². The van der Waals surface area contributed by atoms with Crippen molar-refractivity contribution in [3.8, 4) is 6.57 Å². The van der Waals surface area contributed by atoms with Crippen LogP contribution in [0.5, 0.6) is 0 Å². The lowest BCUT2D eigenvalue weighted by atomic mass is 10.1. The number of nitrogens with two attached hydrogens (primary N) is 1. The zero-order valence-electron chi connectivity index (χ0n) is 9.69. The van der Waals surface area contributed by atoms with Gasteiger partial charge in [0.1, 0.15) is 0 Å². The highest BCUT2D eigenvalue weighted by molar-refractivity contribution is 5.75. The maximum absolute atomic E-state index is 10.7. The van der Waals surface area contributed by atoms with Gasteiger partial charge in [-0.3, -0.25) is 9.69 Å². The smallest absolute Gasteiger partial charge is 0.231 e. The van der Waals surface area contributed by atoms with Gasteiger partial charge in [0.15, 0.2) is 0 Å². The molecule has 1 heterocycles. The highest BCUT2D eigenvalue weighted by atomic mass is 16.6. The van der Waals surface area contributed by atoms with Gasteiger partial charge < -0.3 is 10.6 Å². The van der Waals surface area contributed by atoms with E-state index in [-0.39, 0.29) is 5.91 Å². The van der Waals surface area contributed by atoms with Crippen LogP contribution in [0.25, 0.3) is 0 Å². The molecule has 0 aromatic rings. The summed E-state index contributed by atoms with van der Waals surface area (Å²) in [4.78, 5) is 17.9. The van der Waals surface area contributed by atoms with Crippen molar-refractivity contribution in [2.75, 3.05) is 26.2 Å². The molecule has 0 saturated carbocycles. The highest BCUT2D eigenvalue weighted by Crippen LogP contribution is 2.09. The zero-order valence-corrected chi connectivity index (χ0v) is 9.69. The molecule has 1 aliphatic heterocycles. The summed E-state index contributed by atoms with van der Waals surface area (Å²) in [7, 11) is 0. The number of nitriles is 1. The molecule has 6 nitrogen and oxygen atoms in total. The van der Waals surface area contributed by atoms with Crippen molar-refractivity contribution in [1.82, 2.24) is 10.4 Å². The molecule has 1 saturated heterocycles. The SMILES string of the molecule is C#N.CCONC1CCCN(CC(N)=O)C1. The monoisotopic (exact) mass is 228 g/mol. The molecule has 1 aliphatic rings. The number of hydroxylamine groups is 1. The fourth-order valence-electron chi connectivity index (χ4n) is 1.72. The molecule has 1 unspecified atom stereocenters. The number of primary amides is 1. The molecule has 1 atom stereocenters. The molecule has 0 aromatic carbocycles. The summed E-state index contributed by atoms with van der Waals surface area (Å²) >= 11 is 0. The van der Waals surface area contributed by atoms with Crippen LogP contribution in [0.15, 0.2) is 0 Å². The first-order chi connectivity index (χ1) is 7.72. The van der Waals surface area contributed by atoms with E-state index in [1.165, 1.54) is 0 Å². The molecule has 0 aliphatic carbocycles. The Bertz CT molecular complexity index is 220. The minimum Gasteiger partial charge on any atom is -0.369 e. The molecule has 1 amide bonds. The van der Waals surface area contributed by atoms with Gasteiger partial charge in [0.25, 0.3) is 0 Å². The van der Waals surface area contributed by atoms with Gasteiger partial charge in [0, 0.05) is 19.2 Å². The Morgan fingerprint density at radius 3 is 2.94 bits per heavy atom. The number of likely N-dealkylation sites (tertiary alicyclic amines) is 1. The van der Waals surface area contributed by atoms with Crippen LogP contribution in [0.3, 0.4) is 0 Å². The van der Waals surface area contributed by atoms with Crippen LogP contribution in [0.4, 0.5) is 0 Å². The Hall–Kier alpha value is -1.16. The predicted molar refractivity (Wildman–Crippen MR) is 60.1 cm³/mol. The average Bonchev–Trinajstić information content (AvgIpc) is 2.29. The number of nitrogens with one attached hydrogen (secondary N) is 1. The third kappa shape index (κ3) is 6.35. The summed E-state index contributed by atoms with van der Waals surface area (Å²) in [5.74, 6) is -0.262. The molecule has 1 rings (SSSR count). The highest BCUT2D eigenvalue weighted by Gasteiger charge is 2.20. The standard InChI is InChI=1S/C9H19N3O2.CHN/c1-2-14-11-8-4-3-5-12(6-8)7-9(10)13;1-2/h8,11H,2-7H2,1H3,(H2,10,13);1H. The number of rotatable bonds is 5. The molecule has 0 radical (unpaired) electrons. The van der Waals surface area contributed by atoms with Crippen LogP contribution in [0.1, 0.15) is 19.8 Å². The second kappa shape index (κ2) is 9.09. The quantitative estimate of drug-likeness (QED) is 0.626. The third-order valence-electron chi connectivity index (χ3n) is 2.28. The molecule has 6 heteroatoms. The van der Waals surface area contributed by atoms with E-state index in [0.29, 0.717) is 19.2 Å². The van der Waals surface area contributed by atoms with E-state index in [1.807, 2.05) is 6.92 Å². The first-order valence-electron chi connectivity index (χ1n) is 5.36. The normalized spacial score (nSPS) is 20.8. The number of piperidine rings is 1. The van der Waals surface area contributed by atoms with Gasteiger partial charge in [-0.2, -0.15) is 5.48 Å². The van der Waals surface area contributed by atoms with E-state index in [2.05, 4.69) is 17.0 Å². The molecule has 0 spiro atoms. The Morgan fingerprint density at radius 2 is 2.38 bits per heavy atom. The summed E-state index contributed by atoms with van der Waals surface area (Å²) in [5, 5.41) is 6.50. The minimum absolute atomic E-state index is 0.262. The van der Waals surface area contributed by atoms with Crippen LogP contribution in [0.2, 0.25) is 0 Å². The van der Waals surface area contributed by atoms with Gasteiger partial charge in [0.05, 0.1) is 13.2 Å². The van der Waals surface area contributed by atoms with Crippen molar-refractivity contribution < 1.29 is 9.63 Å². The van der Waals surface area contributed by atoms with E-state index in [1.54, 1.807) is 0 Å². The molecular formula is C10H20N4O2. The Kier molecular flexibility index (Phi) is 8.43. The second-order valence-electron chi connectivity index (χ2n) is 3.59. The Morgan fingerprint density at radius 1 is 1.69 bits per heavy atom. The fourth-order valence-corrected chi connectivity index (χ4v) is 1.72. The number of nitrogens with zero attached hydrogens (tertiary/aromatic N) is 2. The van der Waals surface area contributed by atoms with Gasteiger partial charge >= 0.3 is 0 Å². The van der Waals surface area contributed by atoms with Gasteiger partial charge in [-0.25, -0.2) is 5.26 Å². The van der Waals surface area contributed by atoms with Crippen molar-refractivity contribution in [2.24, 2.45) is 5.73 Å². The number of hydrogen-bond donors (Lipinski definition) is 2. The van der Waals surface area contributed by atoms with Crippen LogP contribution in [0, 0.1) is 11.8 Å². The van der Waals surface area contributed by atoms with E-state index in [4.69, 9.17) is 15.8 Å². The number of carbonyl (C=O) groups excluding carboxylic acids is 1. The van der Waals surface area contributed by atoms with Gasteiger partial charge in [-0.05, 0) is 26.3 Å². The molecule has 0 bridgehead atoms. The van der Waals surface area contributed by atoms with E-state index in [9.17, 15) is 4.79 Å². The largest absolute Gasteiger partial charge is 0.369 e. The summed E-state index contributed by atoms with van der Waals surface area (Å²) in [6.45, 7) is 8.24. The van der Waals surface area contributed by atoms with Crippen molar-refractivity contribution in [2.45, 2.75) is 25.8 Å². The molecule has 0 aromatic heterocycles. The maximum Gasteiger partial charge on any atom is 0.231 e. The van der Waals surface area contributed by atoms with Crippen molar-refractivity contribution >= 4 is 5.91 Å². The lowest BCUT2D eigenvalue weighted by Crippen LogP contribution is -2.48. The lowest BCUT2D eigenvalue weighted by Gasteiger charge is -2.31. The lowest BCUT2D eigenvalue weighted by molar-refractivity contribution is -0.119. The van der Waals surface area contributed by atoms with E-state index in [0.717, 1.165) is 25.9 Å². The van der Waals surface area contributed by atoms with Gasteiger partial charge in [-0.1, -0.05) is 0 Å². The van der Waals surface area contributed by atoms with Crippen molar-refractivity contribution in [1.29, 1.82) is 5.26 Å². The van der Waals surface area contributed by atoms with E-state index < -0.39 is 0 Å². The summed E-state index contributed by atoms with van der Waals surface area (Å²) in [6.07, 6.45) is 2.17. The average molecular weight is 228 g/mol. The molecule has 92 valence electrons. The van der Waals surface area contributed by atoms with Crippen molar-refractivity contribution in [3.63, 3.8) is 0 Å². The third-order valence-corrected chi connectivity index (χ3v) is 2.28. The van der Waals surface area contributed by atoms with Crippen molar-refractivity contribution in [3.05, 3.63) is 0 Å². The summed E-state index contributed by atoms with van der Waals surface area (Å²) < 4.78 is 0. The molecule has 3 N–H and O–H groups in total. The van der Waals surface area contributed by atoms with E-state index >= 15 is 0 Å². The van der Waals surface area contributed by atoms with Crippen LogP contribution >= 0.6 is 0 Å². The van der Waals surface area contributed by atoms with Gasteiger partial charge in [-0.15, -0.1) is 0 Å². The number of carbonyl (C=O) groups is 1. The number of amides is 1. The molecule has 16 heavy (non-hydrogen) atoms. The topological polar surface area (TPSA) is 91.4 Å². The number of hydrogen-bond acceptors (Lipinski definition) is 5. The molecule has 1 fully saturated rings. The summed E-state index contributed by atoms with van der Waals surface area (Å²) in [5.41, 5.74) is 8.12. The van der Waals surface area contributed by atoms with Crippen LogP contribution in [-0.4, -0.2) is 43.1 Å². The Balaban J connectivity index is 0.00000106. The maximum atomic E-state index is 10.7. The second-order valence-corrected chi connectivity index (χ2v) is 3.59. The predicted octanol–water partition coefficient (Wildman–Crippen LogP) is -0.383. The Labute approximate surface area is 96.3 Å². The molecular weight excluding hydrogens is 208 g/mol. The fraction of sp³-hybridized carbons (Fsp3) is 0.800. The first-order valence-corrected chi connectivity index (χ1v) is 5.36. The first kappa shape index (κ1) is 14.8.